The van der Waals surface area contributed by atoms with Crippen LogP contribution in [0.1, 0.15) is 25.1 Å². The van der Waals surface area contributed by atoms with Crippen LogP contribution < -0.4 is 5.49 Å². The Labute approximate surface area is 183 Å². The third kappa shape index (κ3) is 3.82. The second-order valence-corrected chi connectivity index (χ2v) is 8.28. The van der Waals surface area contributed by atoms with Crippen molar-refractivity contribution in [2.75, 3.05) is 0 Å². The zero-order valence-corrected chi connectivity index (χ0v) is 18.4. The van der Waals surface area contributed by atoms with Crippen molar-refractivity contribution in [2.45, 2.75) is 20.0 Å². The van der Waals surface area contributed by atoms with Crippen LogP contribution in [0.2, 0.25) is 0 Å². The number of hydrogen-bond donors (Lipinski definition) is 2. The summed E-state index contributed by atoms with van der Waals surface area (Å²) in [6, 6.07) is 11.6. The summed E-state index contributed by atoms with van der Waals surface area (Å²) in [4.78, 5) is 9.17. The molecule has 0 fully saturated rings. The maximum atomic E-state index is 13.3. The van der Waals surface area contributed by atoms with Crippen LogP contribution in [-0.2, 0) is 6.18 Å². The highest BCUT2D eigenvalue weighted by molar-refractivity contribution is 7.23. The Balaban J connectivity index is 2.12. The van der Waals surface area contributed by atoms with Crippen LogP contribution in [-0.4, -0.2) is 20.2 Å². The summed E-state index contributed by atoms with van der Waals surface area (Å²) in [6.07, 6.45) is -2.89. The minimum absolute atomic E-state index is 0.0118. The second kappa shape index (κ2) is 7.95. The van der Waals surface area contributed by atoms with E-state index in [9.17, 15) is 13.2 Å². The van der Waals surface area contributed by atoms with E-state index in [4.69, 9.17) is 15.8 Å². The number of hydrogen-bond acceptors (Lipinski definition) is 4. The lowest BCUT2D eigenvalue weighted by molar-refractivity contribution is -0.137. The van der Waals surface area contributed by atoms with E-state index in [0.717, 1.165) is 17.4 Å². The summed E-state index contributed by atoms with van der Waals surface area (Å²) >= 11 is 0. The number of halogens is 3. The molecule has 0 amide bonds. The molecular formula is C23H19F3N5P. The molecule has 2 N–H and O–H groups in total. The summed E-state index contributed by atoms with van der Waals surface area (Å²) in [5, 5.41) is 18.0. The van der Waals surface area contributed by atoms with Gasteiger partial charge in [-0.3, -0.25) is 15.0 Å². The summed E-state index contributed by atoms with van der Waals surface area (Å²) < 4.78 is 41.5. The molecule has 1 unspecified atom stereocenters. The van der Waals surface area contributed by atoms with Crippen molar-refractivity contribution in [3.05, 3.63) is 76.8 Å². The SMILES string of the molecule is CC(=N)C(=C(C)P)c1ccc2ncc3ccc(=N)n(-c4cccc(C(F)(F)F)c4)c3c2n1. The first-order chi connectivity index (χ1) is 15.1. The van der Waals surface area contributed by atoms with E-state index >= 15 is 0 Å². The molecule has 0 aliphatic rings. The number of pyridine rings is 3. The Hall–Kier alpha value is -3.38. The number of allylic oxidation sites excluding steroid dienone is 2. The first-order valence-electron chi connectivity index (χ1n) is 9.64. The molecule has 162 valence electrons. The van der Waals surface area contributed by atoms with Gasteiger partial charge in [0.15, 0.2) is 0 Å². The fraction of sp³-hybridized carbons (Fsp3) is 0.130. The summed E-state index contributed by atoms with van der Waals surface area (Å²) in [7, 11) is 2.57. The monoisotopic (exact) mass is 453 g/mol. The number of aromatic nitrogens is 3. The maximum absolute atomic E-state index is 13.3. The molecule has 4 aromatic rings. The lowest BCUT2D eigenvalue weighted by Crippen LogP contribution is -2.19. The lowest BCUT2D eigenvalue weighted by atomic mass is 10.1. The van der Waals surface area contributed by atoms with Crippen molar-refractivity contribution in [3.63, 3.8) is 0 Å². The molecular weight excluding hydrogens is 434 g/mol. The Morgan fingerprint density at radius 1 is 1.06 bits per heavy atom. The van der Waals surface area contributed by atoms with Gasteiger partial charge < -0.3 is 5.41 Å². The molecule has 0 aliphatic carbocycles. The van der Waals surface area contributed by atoms with Gasteiger partial charge in [-0.25, -0.2) is 4.98 Å². The average Bonchev–Trinajstić information content (AvgIpc) is 2.72. The molecule has 0 bridgehead atoms. The van der Waals surface area contributed by atoms with Crippen LogP contribution in [0, 0.1) is 10.8 Å². The van der Waals surface area contributed by atoms with Gasteiger partial charge >= 0.3 is 6.18 Å². The Morgan fingerprint density at radius 3 is 2.47 bits per heavy atom. The molecule has 0 spiro atoms. The topological polar surface area (TPSA) is 78.4 Å². The van der Waals surface area contributed by atoms with Crippen molar-refractivity contribution < 1.29 is 13.2 Å². The summed E-state index contributed by atoms with van der Waals surface area (Å²) in [5.41, 5.74) is 2.42. The standard InChI is InChI=1S/C23H19F3N5P/c1-12(27)20(13(2)32)17-7-8-18-21(30-17)22-14(11-29-18)6-9-19(28)31(22)16-5-3-4-15(10-16)23(24,25)26/h3-11,27-28H,32H2,1-2H3. The summed E-state index contributed by atoms with van der Waals surface area (Å²) in [5.74, 6) is 0. The highest BCUT2D eigenvalue weighted by Gasteiger charge is 2.30. The molecule has 3 aromatic heterocycles. The number of alkyl halides is 3. The minimum Gasteiger partial charge on any atom is -0.305 e. The molecule has 1 aromatic carbocycles. The molecule has 5 nitrogen and oxygen atoms in total. The van der Waals surface area contributed by atoms with E-state index in [1.165, 1.54) is 22.8 Å². The predicted molar refractivity (Wildman–Crippen MR) is 123 cm³/mol. The van der Waals surface area contributed by atoms with Crippen molar-refractivity contribution in [1.29, 1.82) is 10.8 Å². The van der Waals surface area contributed by atoms with Crippen molar-refractivity contribution in [2.24, 2.45) is 0 Å². The third-order valence-corrected chi connectivity index (χ3v) is 5.35. The van der Waals surface area contributed by atoms with Crippen molar-refractivity contribution in [3.8, 4) is 5.69 Å². The molecule has 32 heavy (non-hydrogen) atoms. The van der Waals surface area contributed by atoms with Crippen LogP contribution in [0.3, 0.4) is 0 Å². The van der Waals surface area contributed by atoms with Gasteiger partial charge in [-0.15, -0.1) is 9.24 Å². The molecule has 0 aliphatic heterocycles. The highest BCUT2D eigenvalue weighted by Crippen LogP contribution is 2.32. The maximum Gasteiger partial charge on any atom is 0.416 e. The molecule has 9 heteroatoms. The summed E-state index contributed by atoms with van der Waals surface area (Å²) in [6.45, 7) is 3.52. The number of nitrogens with zero attached hydrogens (tertiary/aromatic N) is 3. The zero-order valence-electron chi connectivity index (χ0n) is 17.2. The van der Waals surface area contributed by atoms with Crippen LogP contribution in [0.4, 0.5) is 13.2 Å². The van der Waals surface area contributed by atoms with Gasteiger partial charge in [0, 0.05) is 28.6 Å². The molecule has 1 atom stereocenters. The first kappa shape index (κ1) is 21.8. The molecule has 0 saturated carbocycles. The van der Waals surface area contributed by atoms with Gasteiger partial charge in [-0.1, -0.05) is 6.07 Å². The predicted octanol–water partition coefficient (Wildman–Crippen LogP) is 5.72. The van der Waals surface area contributed by atoms with E-state index in [1.807, 2.05) is 6.92 Å². The number of fused-ring (bicyclic) bond motifs is 3. The van der Waals surface area contributed by atoms with Crippen LogP contribution in [0.5, 0.6) is 0 Å². The van der Waals surface area contributed by atoms with Crippen LogP contribution in [0.15, 0.2) is 60.0 Å². The number of nitrogens with one attached hydrogen (secondary N) is 2. The van der Waals surface area contributed by atoms with Gasteiger partial charge in [-0.2, -0.15) is 13.2 Å². The fourth-order valence-electron chi connectivity index (χ4n) is 3.71. The van der Waals surface area contributed by atoms with E-state index in [-0.39, 0.29) is 11.2 Å². The van der Waals surface area contributed by atoms with Crippen molar-refractivity contribution >= 4 is 42.5 Å². The van der Waals surface area contributed by atoms with Crippen LogP contribution in [0.25, 0.3) is 33.2 Å². The fourth-order valence-corrected chi connectivity index (χ4v) is 4.07. The first-order valence-corrected chi connectivity index (χ1v) is 10.2. The largest absolute Gasteiger partial charge is 0.416 e. The van der Waals surface area contributed by atoms with E-state index in [2.05, 4.69) is 14.2 Å². The molecule has 4 rings (SSSR count). The number of benzene rings is 1. The van der Waals surface area contributed by atoms with E-state index < -0.39 is 11.7 Å². The Kier molecular flexibility index (Phi) is 5.42. The second-order valence-electron chi connectivity index (χ2n) is 7.41. The molecule has 0 radical (unpaired) electrons. The lowest BCUT2D eigenvalue weighted by Gasteiger charge is -2.16. The minimum atomic E-state index is -4.50. The van der Waals surface area contributed by atoms with Crippen molar-refractivity contribution in [1.82, 2.24) is 14.5 Å². The molecule has 3 heterocycles. The van der Waals surface area contributed by atoms with Gasteiger partial charge in [0.25, 0.3) is 0 Å². The Bertz CT molecular complexity index is 1480. The van der Waals surface area contributed by atoms with Gasteiger partial charge in [0.1, 0.15) is 11.0 Å². The van der Waals surface area contributed by atoms with E-state index in [1.54, 1.807) is 31.3 Å². The number of rotatable bonds is 3. The van der Waals surface area contributed by atoms with Gasteiger partial charge in [0.05, 0.1) is 22.3 Å². The highest BCUT2D eigenvalue weighted by atomic mass is 31.0. The normalized spacial score (nSPS) is 12.8. The quantitative estimate of drug-likeness (QED) is 0.237. The van der Waals surface area contributed by atoms with Gasteiger partial charge in [0.2, 0.25) is 0 Å². The zero-order chi connectivity index (χ0) is 23.2. The average molecular weight is 453 g/mol. The van der Waals surface area contributed by atoms with Crippen LogP contribution >= 0.6 is 9.24 Å². The van der Waals surface area contributed by atoms with Gasteiger partial charge in [-0.05, 0) is 61.6 Å². The Morgan fingerprint density at radius 2 is 1.81 bits per heavy atom. The molecule has 0 saturated heterocycles. The third-order valence-electron chi connectivity index (χ3n) is 5.06. The van der Waals surface area contributed by atoms with E-state index in [0.29, 0.717) is 38.9 Å². The smallest absolute Gasteiger partial charge is 0.305 e.